The van der Waals surface area contributed by atoms with Crippen LogP contribution in [0.25, 0.3) is 0 Å². The van der Waals surface area contributed by atoms with Crippen LogP contribution in [0.15, 0.2) is 72.3 Å². The molecule has 0 aromatic heterocycles. The van der Waals surface area contributed by atoms with Gasteiger partial charge in [0.25, 0.3) is 8.32 Å². The first-order chi connectivity index (χ1) is 13.1. The van der Waals surface area contributed by atoms with Crippen molar-refractivity contribution in [3.05, 3.63) is 72.3 Å². The molecule has 0 aliphatic rings. The summed E-state index contributed by atoms with van der Waals surface area (Å²) >= 11 is 4.79. The third kappa shape index (κ3) is 5.84. The fourth-order valence-electron chi connectivity index (χ4n) is 3.34. The molecule has 0 N–H and O–H groups in total. The van der Waals surface area contributed by atoms with Gasteiger partial charge in [0.15, 0.2) is 0 Å². The van der Waals surface area contributed by atoms with Gasteiger partial charge in [-0.05, 0) is 22.3 Å². The maximum Gasteiger partial charge on any atom is 0.261 e. The van der Waals surface area contributed by atoms with E-state index >= 15 is 0 Å². The second-order valence-corrected chi connectivity index (χ2v) is 15.8. The van der Waals surface area contributed by atoms with E-state index in [0.29, 0.717) is 6.61 Å². The van der Waals surface area contributed by atoms with Gasteiger partial charge in [0.05, 0.1) is 13.2 Å². The van der Waals surface area contributed by atoms with Crippen LogP contribution in [0.4, 0.5) is 0 Å². The molecule has 0 radical (unpaired) electrons. The fourth-order valence-corrected chi connectivity index (χ4v) is 8.42. The van der Waals surface area contributed by atoms with Gasteiger partial charge in [-0.25, -0.2) is 4.21 Å². The Bertz CT molecular complexity index is 847. The Morgan fingerprint density at radius 1 is 1.04 bits per heavy atom. The Morgan fingerprint density at radius 2 is 1.50 bits per heavy atom. The van der Waals surface area contributed by atoms with Gasteiger partial charge in [0.1, 0.15) is 8.77 Å². The van der Waals surface area contributed by atoms with Gasteiger partial charge in [0, 0.05) is 17.4 Å². The predicted octanol–water partition coefficient (Wildman–Crippen LogP) is 3.82. The molecule has 1 atom stereocenters. The monoisotopic (exact) mass is 434 g/mol. The first-order valence-electron chi connectivity index (χ1n) is 9.31. The van der Waals surface area contributed by atoms with E-state index in [1.165, 1.54) is 16.6 Å². The van der Waals surface area contributed by atoms with Crippen molar-refractivity contribution < 1.29 is 12.8 Å². The zero-order valence-corrected chi connectivity index (χ0v) is 19.9. The number of hydrogen-bond acceptors (Lipinski definition) is 4. The molecule has 6 heteroatoms. The highest BCUT2D eigenvalue weighted by molar-refractivity contribution is 8.29. The molecule has 1 unspecified atom stereocenters. The van der Waals surface area contributed by atoms with Crippen molar-refractivity contribution in [3.8, 4) is 0 Å². The van der Waals surface area contributed by atoms with E-state index in [1.54, 1.807) is 0 Å². The molecule has 0 amide bonds. The standard InChI is InChI=1S/C22H30O3S2Si/c1-19(16-17-24-27(5,23)26)18-25-28(22(2,3)4,20-12-8-6-9-13-20)21-14-10-7-11-15-21/h6-16H,17-18H2,1-5H3. The van der Waals surface area contributed by atoms with Crippen molar-refractivity contribution in [3.63, 3.8) is 0 Å². The Morgan fingerprint density at radius 3 is 1.89 bits per heavy atom. The first-order valence-corrected chi connectivity index (χ1v) is 14.0. The van der Waals surface area contributed by atoms with Gasteiger partial charge in [-0.3, -0.25) is 4.18 Å². The van der Waals surface area contributed by atoms with Gasteiger partial charge < -0.3 is 4.43 Å². The minimum absolute atomic E-state index is 0.0646. The second-order valence-electron chi connectivity index (χ2n) is 7.99. The summed E-state index contributed by atoms with van der Waals surface area (Å²) in [4.78, 5) is 0. The highest BCUT2D eigenvalue weighted by Crippen LogP contribution is 2.36. The fraction of sp³-hybridized carbons (Fsp3) is 0.364. The molecule has 2 aromatic rings. The lowest BCUT2D eigenvalue weighted by Gasteiger charge is -2.43. The van der Waals surface area contributed by atoms with Gasteiger partial charge in [-0.2, -0.15) is 0 Å². The van der Waals surface area contributed by atoms with Gasteiger partial charge in [-0.15, -0.1) is 0 Å². The Kier molecular flexibility index (Phi) is 7.76. The highest BCUT2D eigenvalue weighted by Gasteiger charge is 2.50. The number of hydrogen-bond donors (Lipinski definition) is 0. The average Bonchev–Trinajstić information content (AvgIpc) is 2.62. The summed E-state index contributed by atoms with van der Waals surface area (Å²) in [7, 11) is -5.16. The molecule has 0 spiro atoms. The molecule has 2 rings (SSSR count). The summed E-state index contributed by atoms with van der Waals surface area (Å²) in [5.74, 6) is 0. The van der Waals surface area contributed by atoms with E-state index in [-0.39, 0.29) is 11.6 Å². The lowest BCUT2D eigenvalue weighted by Crippen LogP contribution is -2.66. The Balaban J connectivity index is 2.40. The summed E-state index contributed by atoms with van der Waals surface area (Å²) in [5.41, 5.74) is 1.03. The quantitative estimate of drug-likeness (QED) is 0.467. The molecule has 0 bridgehead atoms. The molecule has 0 saturated carbocycles. The van der Waals surface area contributed by atoms with Gasteiger partial charge in [0.2, 0.25) is 0 Å². The van der Waals surface area contributed by atoms with Gasteiger partial charge in [-0.1, -0.05) is 93.1 Å². The molecule has 28 heavy (non-hydrogen) atoms. The summed E-state index contributed by atoms with van der Waals surface area (Å²) in [5, 5.41) is 2.44. The van der Waals surface area contributed by atoms with E-state index in [0.717, 1.165) is 5.57 Å². The Hall–Kier alpha value is -1.31. The summed E-state index contributed by atoms with van der Waals surface area (Å²) < 4.78 is 23.5. The molecule has 152 valence electrons. The summed E-state index contributed by atoms with van der Waals surface area (Å²) in [6.45, 7) is 9.48. The maximum atomic E-state index is 11.5. The molecule has 0 saturated heterocycles. The van der Waals surface area contributed by atoms with Crippen LogP contribution < -0.4 is 10.4 Å². The number of benzene rings is 2. The van der Waals surface area contributed by atoms with E-state index in [4.69, 9.17) is 19.8 Å². The first kappa shape index (κ1) is 23.0. The third-order valence-electron chi connectivity index (χ3n) is 4.65. The van der Waals surface area contributed by atoms with E-state index in [1.807, 2.05) is 25.1 Å². The van der Waals surface area contributed by atoms with Crippen LogP contribution >= 0.6 is 0 Å². The minimum atomic E-state index is -2.62. The zero-order chi connectivity index (χ0) is 20.8. The van der Waals surface area contributed by atoms with Crippen LogP contribution in [0.3, 0.4) is 0 Å². The SMILES string of the molecule is CC(=CCOS(C)(=O)=S)CO[Si](c1ccccc1)(c1ccccc1)C(C)(C)C. The molecule has 0 aliphatic heterocycles. The van der Waals surface area contributed by atoms with Crippen LogP contribution in [0.1, 0.15) is 27.7 Å². The zero-order valence-electron chi connectivity index (χ0n) is 17.3. The van der Waals surface area contributed by atoms with E-state index < -0.39 is 17.1 Å². The van der Waals surface area contributed by atoms with Crippen LogP contribution in [0.5, 0.6) is 0 Å². The smallest absolute Gasteiger partial charge is 0.261 e. The highest BCUT2D eigenvalue weighted by atomic mass is 32.8. The van der Waals surface area contributed by atoms with Crippen LogP contribution in [-0.2, 0) is 28.6 Å². The summed E-state index contributed by atoms with van der Waals surface area (Å²) in [6, 6.07) is 21.1. The lowest BCUT2D eigenvalue weighted by atomic mass is 10.2. The number of rotatable bonds is 8. The van der Waals surface area contributed by atoms with Crippen molar-refractivity contribution in [2.24, 2.45) is 0 Å². The lowest BCUT2D eigenvalue weighted by molar-refractivity contribution is 0.326. The summed E-state index contributed by atoms with van der Waals surface area (Å²) in [6.07, 6.45) is 3.32. The van der Waals surface area contributed by atoms with E-state index in [9.17, 15) is 4.21 Å². The van der Waals surface area contributed by atoms with Crippen LogP contribution in [0.2, 0.25) is 5.04 Å². The minimum Gasteiger partial charge on any atom is -0.403 e. The average molecular weight is 435 g/mol. The molecular formula is C22H30O3S2Si. The van der Waals surface area contributed by atoms with Crippen LogP contribution in [-0.4, -0.2) is 32.0 Å². The van der Waals surface area contributed by atoms with Crippen molar-refractivity contribution in [2.45, 2.75) is 32.7 Å². The van der Waals surface area contributed by atoms with Crippen LogP contribution in [0, 0.1) is 0 Å². The molecule has 0 aliphatic carbocycles. The van der Waals surface area contributed by atoms with Crippen molar-refractivity contribution in [1.82, 2.24) is 0 Å². The molecule has 2 aromatic carbocycles. The van der Waals surface area contributed by atoms with E-state index in [2.05, 4.69) is 69.3 Å². The predicted molar refractivity (Wildman–Crippen MR) is 125 cm³/mol. The van der Waals surface area contributed by atoms with Crippen molar-refractivity contribution in [2.75, 3.05) is 19.5 Å². The largest absolute Gasteiger partial charge is 0.403 e. The maximum absolute atomic E-state index is 11.5. The Labute approximate surface area is 175 Å². The molecule has 0 fully saturated rings. The van der Waals surface area contributed by atoms with Crippen molar-refractivity contribution in [1.29, 1.82) is 0 Å². The molecular weight excluding hydrogens is 404 g/mol. The van der Waals surface area contributed by atoms with Crippen molar-refractivity contribution >= 4 is 38.7 Å². The molecule has 0 heterocycles. The normalized spacial score (nSPS) is 15.2. The second kappa shape index (κ2) is 9.46. The van der Waals surface area contributed by atoms with Gasteiger partial charge >= 0.3 is 0 Å². The topological polar surface area (TPSA) is 35.5 Å². The molecule has 3 nitrogen and oxygen atoms in total. The third-order valence-corrected chi connectivity index (χ3v) is 10.5.